The number of benzene rings is 1. The number of ether oxygens (including phenoxy) is 1. The predicted molar refractivity (Wildman–Crippen MR) is 106 cm³/mol. The van der Waals surface area contributed by atoms with Crippen LogP contribution in [0.3, 0.4) is 0 Å². The Hall–Kier alpha value is -0.920. The third kappa shape index (κ3) is 5.29. The molecule has 0 atom stereocenters. The molecular weight excluding hydrogens is 425 g/mol. The van der Waals surface area contributed by atoms with Crippen molar-refractivity contribution in [3.63, 3.8) is 0 Å². The van der Waals surface area contributed by atoms with E-state index in [1.807, 2.05) is 19.9 Å². The maximum absolute atomic E-state index is 5.15. The standard InChI is InChI=1S/C17H22IN3O.ClH/c1-5-21(17-19-12(2)10-13(3)20-17)16-7-6-14(8-9-22-4)11-15(16)18;/h6-7,10-11H,5,8-9H2,1-4H3;1H. The van der Waals surface area contributed by atoms with E-state index in [0.717, 1.165) is 42.6 Å². The average molecular weight is 448 g/mol. The number of halogens is 2. The largest absolute Gasteiger partial charge is 0.384 e. The molecule has 0 bridgehead atoms. The zero-order valence-electron chi connectivity index (χ0n) is 14.0. The molecule has 0 amide bonds. The molecule has 0 spiro atoms. The molecule has 126 valence electrons. The zero-order chi connectivity index (χ0) is 16.1. The van der Waals surface area contributed by atoms with Crippen molar-refractivity contribution in [1.82, 2.24) is 9.97 Å². The van der Waals surface area contributed by atoms with Crippen molar-refractivity contribution in [2.75, 3.05) is 25.2 Å². The number of nitrogens with zero attached hydrogens (tertiary/aromatic N) is 3. The van der Waals surface area contributed by atoms with Gasteiger partial charge in [-0.1, -0.05) is 6.07 Å². The van der Waals surface area contributed by atoms with Gasteiger partial charge in [-0.25, -0.2) is 9.97 Å². The quantitative estimate of drug-likeness (QED) is 0.613. The first-order chi connectivity index (χ1) is 10.5. The van der Waals surface area contributed by atoms with Gasteiger partial charge in [-0.3, -0.25) is 0 Å². The van der Waals surface area contributed by atoms with Gasteiger partial charge in [0.15, 0.2) is 0 Å². The Morgan fingerprint density at radius 1 is 1.13 bits per heavy atom. The second-order valence-electron chi connectivity index (χ2n) is 5.22. The molecule has 0 aliphatic carbocycles. The number of aromatic nitrogens is 2. The van der Waals surface area contributed by atoms with Crippen LogP contribution in [-0.2, 0) is 11.2 Å². The van der Waals surface area contributed by atoms with Gasteiger partial charge in [-0.15, -0.1) is 12.4 Å². The molecule has 6 heteroatoms. The lowest BCUT2D eigenvalue weighted by Crippen LogP contribution is -2.20. The lowest BCUT2D eigenvalue weighted by molar-refractivity contribution is 0.202. The van der Waals surface area contributed by atoms with E-state index in [4.69, 9.17) is 4.74 Å². The molecule has 1 heterocycles. The minimum Gasteiger partial charge on any atom is -0.384 e. The third-order valence-corrected chi connectivity index (χ3v) is 4.29. The van der Waals surface area contributed by atoms with E-state index >= 15 is 0 Å². The Morgan fingerprint density at radius 3 is 2.30 bits per heavy atom. The van der Waals surface area contributed by atoms with E-state index in [1.165, 1.54) is 9.13 Å². The summed E-state index contributed by atoms with van der Waals surface area (Å²) >= 11 is 2.38. The smallest absolute Gasteiger partial charge is 0.230 e. The van der Waals surface area contributed by atoms with E-state index in [2.05, 4.69) is 62.6 Å². The maximum atomic E-state index is 5.15. The van der Waals surface area contributed by atoms with Crippen LogP contribution in [0.15, 0.2) is 24.3 Å². The van der Waals surface area contributed by atoms with E-state index in [1.54, 1.807) is 7.11 Å². The molecule has 4 nitrogen and oxygen atoms in total. The van der Waals surface area contributed by atoms with Crippen LogP contribution in [0.2, 0.25) is 0 Å². The van der Waals surface area contributed by atoms with Gasteiger partial charge in [-0.2, -0.15) is 0 Å². The highest BCUT2D eigenvalue weighted by molar-refractivity contribution is 14.1. The summed E-state index contributed by atoms with van der Waals surface area (Å²) in [6.07, 6.45) is 0.930. The fraction of sp³-hybridized carbons (Fsp3) is 0.412. The molecular formula is C17H23ClIN3O. The first-order valence-electron chi connectivity index (χ1n) is 7.42. The predicted octanol–water partition coefficient (Wildman–Crippen LogP) is 4.47. The Balaban J connectivity index is 0.00000264. The number of rotatable bonds is 6. The lowest BCUT2D eigenvalue weighted by Gasteiger charge is -2.23. The van der Waals surface area contributed by atoms with Crippen molar-refractivity contribution in [1.29, 1.82) is 0 Å². The van der Waals surface area contributed by atoms with Crippen LogP contribution in [-0.4, -0.2) is 30.2 Å². The van der Waals surface area contributed by atoms with Crippen LogP contribution in [0.25, 0.3) is 0 Å². The Kier molecular flexibility index (Phi) is 8.22. The molecule has 1 aromatic heterocycles. The van der Waals surface area contributed by atoms with Crippen LogP contribution < -0.4 is 4.90 Å². The third-order valence-electron chi connectivity index (χ3n) is 3.43. The van der Waals surface area contributed by atoms with Gasteiger partial charge in [0.2, 0.25) is 5.95 Å². The highest BCUT2D eigenvalue weighted by Crippen LogP contribution is 2.28. The van der Waals surface area contributed by atoms with Crippen LogP contribution in [0.4, 0.5) is 11.6 Å². The average Bonchev–Trinajstić information content (AvgIpc) is 2.47. The summed E-state index contributed by atoms with van der Waals surface area (Å²) < 4.78 is 6.35. The number of hydrogen-bond acceptors (Lipinski definition) is 4. The minimum absolute atomic E-state index is 0. The molecule has 0 aliphatic rings. The van der Waals surface area contributed by atoms with Gasteiger partial charge in [0.05, 0.1) is 12.3 Å². The lowest BCUT2D eigenvalue weighted by atomic mass is 10.1. The first-order valence-corrected chi connectivity index (χ1v) is 8.50. The second-order valence-corrected chi connectivity index (χ2v) is 6.39. The number of anilines is 2. The Morgan fingerprint density at radius 2 is 1.78 bits per heavy atom. The minimum atomic E-state index is 0. The van der Waals surface area contributed by atoms with E-state index < -0.39 is 0 Å². The molecule has 2 rings (SSSR count). The summed E-state index contributed by atoms with van der Waals surface area (Å²) in [6, 6.07) is 8.51. The van der Waals surface area contributed by atoms with Crippen molar-refractivity contribution in [3.8, 4) is 0 Å². The zero-order valence-corrected chi connectivity index (χ0v) is 16.9. The van der Waals surface area contributed by atoms with Crippen molar-refractivity contribution in [2.45, 2.75) is 27.2 Å². The molecule has 0 saturated carbocycles. The van der Waals surface area contributed by atoms with E-state index in [9.17, 15) is 0 Å². The molecule has 0 radical (unpaired) electrons. The first kappa shape index (κ1) is 20.1. The number of aryl methyl sites for hydroxylation is 2. The fourth-order valence-corrected chi connectivity index (χ4v) is 3.26. The Labute approximate surface area is 158 Å². The van der Waals surface area contributed by atoms with Gasteiger partial charge in [0.25, 0.3) is 0 Å². The van der Waals surface area contributed by atoms with Gasteiger partial charge in [-0.05, 0) is 73.5 Å². The maximum Gasteiger partial charge on any atom is 0.230 e. The Bertz CT molecular complexity index is 631. The molecule has 1 aromatic carbocycles. The fourth-order valence-electron chi connectivity index (χ4n) is 2.39. The monoisotopic (exact) mass is 447 g/mol. The molecule has 0 unspecified atom stereocenters. The highest BCUT2D eigenvalue weighted by Gasteiger charge is 2.14. The van der Waals surface area contributed by atoms with Crippen LogP contribution >= 0.6 is 35.0 Å². The van der Waals surface area contributed by atoms with Crippen LogP contribution in [0, 0.1) is 17.4 Å². The van der Waals surface area contributed by atoms with Gasteiger partial charge < -0.3 is 9.64 Å². The van der Waals surface area contributed by atoms with Crippen molar-refractivity contribution in [3.05, 3.63) is 44.8 Å². The summed E-state index contributed by atoms with van der Waals surface area (Å²) in [7, 11) is 1.73. The van der Waals surface area contributed by atoms with Crippen molar-refractivity contribution in [2.24, 2.45) is 0 Å². The summed E-state index contributed by atoms with van der Waals surface area (Å²) in [6.45, 7) is 7.70. The van der Waals surface area contributed by atoms with Gasteiger partial charge in [0, 0.05) is 28.6 Å². The molecule has 0 fully saturated rings. The summed E-state index contributed by atoms with van der Waals surface area (Å²) in [5, 5.41) is 0. The van der Waals surface area contributed by atoms with Gasteiger partial charge in [0.1, 0.15) is 0 Å². The van der Waals surface area contributed by atoms with E-state index in [-0.39, 0.29) is 12.4 Å². The molecule has 0 aliphatic heterocycles. The van der Waals surface area contributed by atoms with Crippen molar-refractivity contribution < 1.29 is 4.74 Å². The second kappa shape index (κ2) is 9.39. The number of methoxy groups -OCH3 is 1. The van der Waals surface area contributed by atoms with Crippen molar-refractivity contribution >= 4 is 46.6 Å². The summed E-state index contributed by atoms with van der Waals surface area (Å²) in [5.41, 5.74) is 4.42. The molecule has 2 aromatic rings. The molecule has 0 N–H and O–H groups in total. The molecule has 23 heavy (non-hydrogen) atoms. The molecule has 0 saturated heterocycles. The van der Waals surface area contributed by atoms with Crippen LogP contribution in [0.1, 0.15) is 23.9 Å². The SMILES string of the molecule is CCN(c1nc(C)cc(C)n1)c1ccc(CCOC)cc1I.Cl. The van der Waals surface area contributed by atoms with E-state index in [0.29, 0.717) is 0 Å². The number of hydrogen-bond donors (Lipinski definition) is 0. The highest BCUT2D eigenvalue weighted by atomic mass is 127. The summed E-state index contributed by atoms with van der Waals surface area (Å²) in [5.74, 6) is 0.766. The van der Waals surface area contributed by atoms with Crippen LogP contribution in [0.5, 0.6) is 0 Å². The van der Waals surface area contributed by atoms with Gasteiger partial charge >= 0.3 is 0 Å². The normalized spacial score (nSPS) is 10.3. The summed E-state index contributed by atoms with van der Waals surface area (Å²) in [4.78, 5) is 11.3. The topological polar surface area (TPSA) is 38.2 Å².